The molecule has 1 aliphatic carbocycles. The van der Waals surface area contributed by atoms with E-state index in [9.17, 15) is 0 Å². The lowest BCUT2D eigenvalue weighted by Gasteiger charge is -2.03. The summed E-state index contributed by atoms with van der Waals surface area (Å²) in [5.74, 6) is 0.939. The van der Waals surface area contributed by atoms with Gasteiger partial charge in [-0.15, -0.1) is 0 Å². The molecule has 45 valence electrons. The number of hydrogen-bond donors (Lipinski definition) is 0. The summed E-state index contributed by atoms with van der Waals surface area (Å²) in [7, 11) is 0. The van der Waals surface area contributed by atoms with Crippen LogP contribution in [0.1, 0.15) is 19.3 Å². The lowest BCUT2D eigenvalue weighted by molar-refractivity contribution is 0.0962. The zero-order chi connectivity index (χ0) is 5.40. The van der Waals surface area contributed by atoms with Gasteiger partial charge in [0.15, 0.2) is 0 Å². The molecule has 1 saturated heterocycles. The summed E-state index contributed by atoms with van der Waals surface area (Å²) in [6.45, 7) is 0.904. The van der Waals surface area contributed by atoms with Crippen molar-refractivity contribution < 1.29 is 4.74 Å². The summed E-state index contributed by atoms with van der Waals surface area (Å²) < 4.78 is 5.42. The van der Waals surface area contributed by atoms with Gasteiger partial charge in [-0.3, -0.25) is 0 Å². The molecule has 0 amide bonds. The molecule has 1 heterocycles. The molecule has 2 rings (SSSR count). The Kier molecular flexibility index (Phi) is 1.04. The Bertz CT molecular complexity index is 80.4. The Hall–Kier alpha value is -0.0400. The van der Waals surface area contributed by atoms with E-state index in [4.69, 9.17) is 4.74 Å². The van der Waals surface area contributed by atoms with E-state index in [1.54, 1.807) is 0 Å². The Morgan fingerprint density at radius 3 is 2.75 bits per heavy atom. The van der Waals surface area contributed by atoms with E-state index < -0.39 is 0 Å². The molecule has 1 radical (unpaired) electrons. The van der Waals surface area contributed by atoms with Crippen molar-refractivity contribution >= 4 is 0 Å². The minimum atomic E-state index is 0.620. The van der Waals surface area contributed by atoms with Crippen molar-refractivity contribution in [2.45, 2.75) is 25.4 Å². The summed E-state index contributed by atoms with van der Waals surface area (Å²) in [5.41, 5.74) is 0. The van der Waals surface area contributed by atoms with Crippen LogP contribution >= 0.6 is 0 Å². The van der Waals surface area contributed by atoms with E-state index in [1.165, 1.54) is 19.3 Å². The van der Waals surface area contributed by atoms with Gasteiger partial charge >= 0.3 is 0 Å². The van der Waals surface area contributed by atoms with Crippen LogP contribution in [-0.4, -0.2) is 12.7 Å². The summed E-state index contributed by atoms with van der Waals surface area (Å²) in [4.78, 5) is 0. The molecule has 1 nitrogen and oxygen atoms in total. The Labute approximate surface area is 50.0 Å². The highest BCUT2D eigenvalue weighted by Gasteiger charge is 2.33. The highest BCUT2D eigenvalue weighted by Crippen LogP contribution is 2.38. The first-order chi connectivity index (χ1) is 3.97. The van der Waals surface area contributed by atoms with Gasteiger partial charge in [-0.2, -0.15) is 0 Å². The fraction of sp³-hybridized carbons (Fsp3) is 0.857. The minimum Gasteiger partial charge on any atom is -0.378 e. The van der Waals surface area contributed by atoms with E-state index >= 15 is 0 Å². The third-order valence-corrected chi connectivity index (χ3v) is 1.97. The average Bonchev–Trinajstić information content (AvgIpc) is 2.49. The zero-order valence-corrected chi connectivity index (χ0v) is 4.97. The van der Waals surface area contributed by atoms with Crippen LogP contribution in [0.4, 0.5) is 0 Å². The van der Waals surface area contributed by atoms with Crippen molar-refractivity contribution in [2.24, 2.45) is 5.92 Å². The Morgan fingerprint density at radius 2 is 2.25 bits per heavy atom. The van der Waals surface area contributed by atoms with Crippen LogP contribution in [0.2, 0.25) is 0 Å². The summed E-state index contributed by atoms with van der Waals surface area (Å²) in [5, 5.41) is 0. The van der Waals surface area contributed by atoms with Gasteiger partial charge in [0.2, 0.25) is 0 Å². The zero-order valence-electron chi connectivity index (χ0n) is 4.97. The summed E-state index contributed by atoms with van der Waals surface area (Å²) in [6.07, 6.45) is 6.90. The third kappa shape index (κ3) is 0.752. The van der Waals surface area contributed by atoms with Gasteiger partial charge in [-0.1, -0.05) is 0 Å². The van der Waals surface area contributed by atoms with Crippen LogP contribution in [0.5, 0.6) is 0 Å². The van der Waals surface area contributed by atoms with Gasteiger partial charge in [-0.05, 0) is 31.6 Å². The second-order valence-electron chi connectivity index (χ2n) is 2.73. The molecule has 0 bridgehead atoms. The van der Waals surface area contributed by atoms with Crippen LogP contribution < -0.4 is 0 Å². The first-order valence-corrected chi connectivity index (χ1v) is 3.40. The topological polar surface area (TPSA) is 9.23 Å². The van der Waals surface area contributed by atoms with Crippen LogP contribution in [0.3, 0.4) is 0 Å². The van der Waals surface area contributed by atoms with Crippen LogP contribution in [0.15, 0.2) is 0 Å². The molecule has 2 aliphatic rings. The first-order valence-electron chi connectivity index (χ1n) is 3.40. The highest BCUT2D eigenvalue weighted by molar-refractivity contribution is 4.89. The number of hydrogen-bond acceptors (Lipinski definition) is 1. The standard InChI is InChI=1S/C7H11O/c1-2-7(8-5-1)6-3-4-6/h1,6-7H,2-5H2. The first kappa shape index (κ1) is 4.80. The maximum atomic E-state index is 5.42. The van der Waals surface area contributed by atoms with Crippen molar-refractivity contribution in [3.05, 3.63) is 6.42 Å². The average molecular weight is 111 g/mol. The largest absolute Gasteiger partial charge is 0.378 e. The maximum Gasteiger partial charge on any atom is 0.0607 e. The SMILES string of the molecule is [CH]1COC(C2CC2)C1. The van der Waals surface area contributed by atoms with Crippen LogP contribution in [0, 0.1) is 12.3 Å². The molecule has 1 heteroatoms. The van der Waals surface area contributed by atoms with Crippen molar-refractivity contribution in [1.82, 2.24) is 0 Å². The van der Waals surface area contributed by atoms with Crippen molar-refractivity contribution in [2.75, 3.05) is 6.61 Å². The second kappa shape index (κ2) is 1.73. The van der Waals surface area contributed by atoms with Gasteiger partial charge in [0.05, 0.1) is 12.7 Å². The van der Waals surface area contributed by atoms with Crippen molar-refractivity contribution in [1.29, 1.82) is 0 Å². The molecular weight excluding hydrogens is 100 g/mol. The summed E-state index contributed by atoms with van der Waals surface area (Å²) in [6, 6.07) is 0. The molecule has 0 spiro atoms. The highest BCUT2D eigenvalue weighted by atomic mass is 16.5. The molecule has 1 aliphatic heterocycles. The lowest BCUT2D eigenvalue weighted by atomic mass is 10.2. The van der Waals surface area contributed by atoms with Gasteiger partial charge < -0.3 is 4.74 Å². The van der Waals surface area contributed by atoms with Crippen LogP contribution in [-0.2, 0) is 4.74 Å². The van der Waals surface area contributed by atoms with Crippen molar-refractivity contribution in [3.63, 3.8) is 0 Å². The number of rotatable bonds is 1. The van der Waals surface area contributed by atoms with E-state index in [0.717, 1.165) is 12.5 Å². The molecule has 1 unspecified atom stereocenters. The molecule has 1 saturated carbocycles. The molecule has 0 N–H and O–H groups in total. The molecule has 8 heavy (non-hydrogen) atoms. The van der Waals surface area contributed by atoms with Gasteiger partial charge in [0.1, 0.15) is 0 Å². The fourth-order valence-corrected chi connectivity index (χ4v) is 1.29. The molecule has 1 atom stereocenters. The summed E-state index contributed by atoms with van der Waals surface area (Å²) >= 11 is 0. The Morgan fingerprint density at radius 1 is 1.38 bits per heavy atom. The predicted octanol–water partition coefficient (Wildman–Crippen LogP) is 1.39. The smallest absolute Gasteiger partial charge is 0.0607 e. The van der Waals surface area contributed by atoms with E-state index in [-0.39, 0.29) is 0 Å². The lowest BCUT2D eigenvalue weighted by Crippen LogP contribution is -2.06. The van der Waals surface area contributed by atoms with Gasteiger partial charge in [0.25, 0.3) is 0 Å². The van der Waals surface area contributed by atoms with Gasteiger partial charge in [-0.25, -0.2) is 0 Å². The minimum absolute atomic E-state index is 0.620. The normalized spacial score (nSPS) is 38.2. The Balaban J connectivity index is 1.86. The van der Waals surface area contributed by atoms with Crippen molar-refractivity contribution in [3.8, 4) is 0 Å². The molecule has 2 fully saturated rings. The molecular formula is C7H11O. The van der Waals surface area contributed by atoms with E-state index in [2.05, 4.69) is 6.42 Å². The second-order valence-corrected chi connectivity index (χ2v) is 2.73. The molecule has 0 aromatic rings. The predicted molar refractivity (Wildman–Crippen MR) is 31.4 cm³/mol. The fourth-order valence-electron chi connectivity index (χ4n) is 1.29. The maximum absolute atomic E-state index is 5.42. The molecule has 0 aromatic carbocycles. The monoisotopic (exact) mass is 111 g/mol. The quantitative estimate of drug-likeness (QED) is 0.497. The van der Waals surface area contributed by atoms with E-state index in [1.807, 2.05) is 0 Å². The number of ether oxygens (including phenoxy) is 1. The van der Waals surface area contributed by atoms with Gasteiger partial charge in [0, 0.05) is 0 Å². The molecule has 0 aromatic heterocycles. The van der Waals surface area contributed by atoms with Crippen LogP contribution in [0.25, 0.3) is 0 Å². The third-order valence-electron chi connectivity index (χ3n) is 1.97. The van der Waals surface area contributed by atoms with E-state index in [0.29, 0.717) is 6.10 Å².